The van der Waals surface area contributed by atoms with E-state index in [0.717, 1.165) is 47.3 Å². The van der Waals surface area contributed by atoms with Crippen LogP contribution >= 0.6 is 0 Å². The van der Waals surface area contributed by atoms with E-state index in [4.69, 9.17) is 4.74 Å². The zero-order valence-electron chi connectivity index (χ0n) is 15.4. The maximum absolute atomic E-state index is 11.9. The molecule has 0 aliphatic rings. The molecular formula is C22H28O3. The SMILES string of the molecule is CCCCCOc1ccccc1CC(C(=O)O)c1cc(C)ccc1C. The van der Waals surface area contributed by atoms with Crippen LogP contribution in [0, 0.1) is 13.8 Å². The minimum absolute atomic E-state index is 0.434. The van der Waals surface area contributed by atoms with E-state index >= 15 is 0 Å². The summed E-state index contributed by atoms with van der Waals surface area (Å²) in [5, 5.41) is 9.80. The molecule has 134 valence electrons. The molecule has 0 bridgehead atoms. The normalized spacial score (nSPS) is 12.0. The Kier molecular flexibility index (Phi) is 7.05. The summed E-state index contributed by atoms with van der Waals surface area (Å²) in [5.41, 5.74) is 3.93. The Bertz CT molecular complexity index is 706. The molecule has 0 aromatic heterocycles. The van der Waals surface area contributed by atoms with E-state index in [1.807, 2.05) is 56.3 Å². The van der Waals surface area contributed by atoms with Gasteiger partial charge < -0.3 is 9.84 Å². The van der Waals surface area contributed by atoms with Crippen molar-refractivity contribution in [3.63, 3.8) is 0 Å². The van der Waals surface area contributed by atoms with E-state index in [0.29, 0.717) is 13.0 Å². The van der Waals surface area contributed by atoms with E-state index in [-0.39, 0.29) is 0 Å². The van der Waals surface area contributed by atoms with Crippen LogP contribution in [0.3, 0.4) is 0 Å². The number of para-hydroxylation sites is 1. The van der Waals surface area contributed by atoms with Crippen molar-refractivity contribution in [1.29, 1.82) is 0 Å². The smallest absolute Gasteiger partial charge is 0.311 e. The van der Waals surface area contributed by atoms with Gasteiger partial charge in [-0.15, -0.1) is 0 Å². The van der Waals surface area contributed by atoms with Crippen LogP contribution in [0.4, 0.5) is 0 Å². The first kappa shape index (κ1) is 19.0. The van der Waals surface area contributed by atoms with Gasteiger partial charge in [-0.2, -0.15) is 0 Å². The molecule has 0 heterocycles. The summed E-state index contributed by atoms with van der Waals surface area (Å²) in [6.45, 7) is 6.80. The Morgan fingerprint density at radius 2 is 1.88 bits per heavy atom. The number of hydrogen-bond donors (Lipinski definition) is 1. The lowest BCUT2D eigenvalue weighted by atomic mass is 9.88. The van der Waals surface area contributed by atoms with Crippen LogP contribution < -0.4 is 4.74 Å². The third-order valence-corrected chi connectivity index (χ3v) is 4.51. The molecule has 1 N–H and O–H groups in total. The summed E-state index contributed by atoms with van der Waals surface area (Å²) < 4.78 is 5.92. The predicted molar refractivity (Wildman–Crippen MR) is 101 cm³/mol. The molecule has 0 amide bonds. The van der Waals surface area contributed by atoms with Gasteiger partial charge >= 0.3 is 5.97 Å². The number of benzene rings is 2. The predicted octanol–water partition coefficient (Wildman–Crippen LogP) is 5.28. The van der Waals surface area contributed by atoms with Crippen LogP contribution in [-0.4, -0.2) is 17.7 Å². The lowest BCUT2D eigenvalue weighted by molar-refractivity contribution is -0.138. The lowest BCUT2D eigenvalue weighted by Crippen LogP contribution is -2.16. The first-order chi connectivity index (χ1) is 12.0. The van der Waals surface area contributed by atoms with Crippen LogP contribution in [0.5, 0.6) is 5.75 Å². The molecule has 0 aliphatic heterocycles. The lowest BCUT2D eigenvalue weighted by Gasteiger charge is -2.18. The van der Waals surface area contributed by atoms with Gasteiger partial charge in [-0.3, -0.25) is 4.79 Å². The molecule has 0 saturated heterocycles. The fourth-order valence-electron chi connectivity index (χ4n) is 3.03. The first-order valence-corrected chi connectivity index (χ1v) is 9.03. The maximum atomic E-state index is 11.9. The molecule has 25 heavy (non-hydrogen) atoms. The zero-order valence-corrected chi connectivity index (χ0v) is 15.4. The third kappa shape index (κ3) is 5.35. The summed E-state index contributed by atoms with van der Waals surface area (Å²) >= 11 is 0. The van der Waals surface area contributed by atoms with Gasteiger partial charge in [-0.1, -0.05) is 61.7 Å². The minimum atomic E-state index is -0.797. The number of aliphatic carboxylic acids is 1. The summed E-state index contributed by atoms with van der Waals surface area (Å²) in [7, 11) is 0. The van der Waals surface area contributed by atoms with Crippen LogP contribution in [0.1, 0.15) is 54.4 Å². The van der Waals surface area contributed by atoms with Crippen molar-refractivity contribution in [3.05, 3.63) is 64.7 Å². The highest BCUT2D eigenvalue weighted by atomic mass is 16.5. The number of aryl methyl sites for hydroxylation is 2. The molecule has 2 aromatic rings. The zero-order chi connectivity index (χ0) is 18.2. The second-order valence-corrected chi connectivity index (χ2v) is 6.62. The maximum Gasteiger partial charge on any atom is 0.311 e. The number of carboxylic acids is 1. The van der Waals surface area contributed by atoms with Crippen LogP contribution in [-0.2, 0) is 11.2 Å². The molecule has 3 nitrogen and oxygen atoms in total. The van der Waals surface area contributed by atoms with Crippen molar-refractivity contribution in [2.45, 2.75) is 52.4 Å². The number of carbonyl (C=O) groups is 1. The number of rotatable bonds is 9. The average Bonchev–Trinajstić information content (AvgIpc) is 2.59. The van der Waals surface area contributed by atoms with Crippen molar-refractivity contribution >= 4 is 5.97 Å². The number of ether oxygens (including phenoxy) is 1. The molecule has 1 unspecified atom stereocenters. The Hall–Kier alpha value is -2.29. The fourth-order valence-corrected chi connectivity index (χ4v) is 3.03. The van der Waals surface area contributed by atoms with Gasteiger partial charge in [0.1, 0.15) is 5.75 Å². The summed E-state index contributed by atoms with van der Waals surface area (Å²) in [6, 6.07) is 13.8. The second-order valence-electron chi connectivity index (χ2n) is 6.62. The van der Waals surface area contributed by atoms with Gasteiger partial charge in [0.15, 0.2) is 0 Å². The second kappa shape index (κ2) is 9.26. The number of carboxylic acid groups (broad SMARTS) is 1. The van der Waals surface area contributed by atoms with Crippen molar-refractivity contribution in [2.24, 2.45) is 0 Å². The van der Waals surface area contributed by atoms with Crippen molar-refractivity contribution in [2.75, 3.05) is 6.61 Å². The van der Waals surface area contributed by atoms with E-state index in [2.05, 4.69) is 6.92 Å². The van der Waals surface area contributed by atoms with Crippen molar-refractivity contribution < 1.29 is 14.6 Å². The van der Waals surface area contributed by atoms with E-state index in [9.17, 15) is 9.90 Å². The Morgan fingerprint density at radius 1 is 1.12 bits per heavy atom. The van der Waals surface area contributed by atoms with Gasteiger partial charge in [0.05, 0.1) is 12.5 Å². The molecule has 0 aliphatic carbocycles. The molecule has 1 atom stereocenters. The molecular weight excluding hydrogens is 312 g/mol. The average molecular weight is 340 g/mol. The summed E-state index contributed by atoms with van der Waals surface area (Å²) in [4.78, 5) is 11.9. The van der Waals surface area contributed by atoms with E-state index < -0.39 is 11.9 Å². The molecule has 2 rings (SSSR count). The van der Waals surface area contributed by atoms with Gasteiger partial charge in [-0.05, 0) is 49.4 Å². The van der Waals surface area contributed by atoms with Gasteiger partial charge in [-0.25, -0.2) is 0 Å². The number of unbranched alkanes of at least 4 members (excludes halogenated alkanes) is 2. The van der Waals surface area contributed by atoms with E-state index in [1.54, 1.807) is 0 Å². The molecule has 0 radical (unpaired) electrons. The summed E-state index contributed by atoms with van der Waals surface area (Å²) in [5.74, 6) is -0.565. The quantitative estimate of drug-likeness (QED) is 0.631. The summed E-state index contributed by atoms with van der Waals surface area (Å²) in [6.07, 6.45) is 3.74. The molecule has 0 spiro atoms. The Labute approximate surface area is 150 Å². The van der Waals surface area contributed by atoms with Gasteiger partial charge in [0.2, 0.25) is 0 Å². The highest BCUT2D eigenvalue weighted by Crippen LogP contribution is 2.29. The first-order valence-electron chi connectivity index (χ1n) is 9.03. The highest BCUT2D eigenvalue weighted by molar-refractivity contribution is 5.77. The van der Waals surface area contributed by atoms with Gasteiger partial charge in [0.25, 0.3) is 0 Å². The monoisotopic (exact) mass is 340 g/mol. The minimum Gasteiger partial charge on any atom is -0.493 e. The largest absolute Gasteiger partial charge is 0.493 e. The topological polar surface area (TPSA) is 46.5 Å². The third-order valence-electron chi connectivity index (χ3n) is 4.51. The Balaban J connectivity index is 2.23. The standard InChI is InChI=1S/C22H28O3/c1-4-5-8-13-25-21-10-7-6-9-18(21)15-20(22(23)24)19-14-16(2)11-12-17(19)3/h6-7,9-12,14,20H,4-5,8,13,15H2,1-3H3,(H,23,24). The fraction of sp³-hybridized carbons (Fsp3) is 0.409. The van der Waals surface area contributed by atoms with E-state index in [1.165, 1.54) is 0 Å². The molecule has 0 fully saturated rings. The highest BCUT2D eigenvalue weighted by Gasteiger charge is 2.23. The molecule has 0 saturated carbocycles. The van der Waals surface area contributed by atoms with Gasteiger partial charge in [0, 0.05) is 0 Å². The van der Waals surface area contributed by atoms with Crippen molar-refractivity contribution in [3.8, 4) is 5.75 Å². The Morgan fingerprint density at radius 3 is 2.60 bits per heavy atom. The number of hydrogen-bond acceptors (Lipinski definition) is 2. The van der Waals surface area contributed by atoms with Crippen LogP contribution in [0.25, 0.3) is 0 Å². The van der Waals surface area contributed by atoms with Crippen molar-refractivity contribution in [1.82, 2.24) is 0 Å². The van der Waals surface area contributed by atoms with Crippen LogP contribution in [0.2, 0.25) is 0 Å². The molecule has 3 heteroatoms. The van der Waals surface area contributed by atoms with Crippen LogP contribution in [0.15, 0.2) is 42.5 Å². The molecule has 2 aromatic carbocycles.